The van der Waals surface area contributed by atoms with Gasteiger partial charge in [0.05, 0.1) is 5.69 Å². The minimum absolute atomic E-state index is 0.766. The molecule has 1 aromatic rings. The molecule has 0 saturated carbocycles. The van der Waals surface area contributed by atoms with Gasteiger partial charge in [0, 0.05) is 19.2 Å². The van der Waals surface area contributed by atoms with E-state index in [2.05, 4.69) is 23.8 Å². The van der Waals surface area contributed by atoms with E-state index in [1.807, 2.05) is 14.0 Å². The molecule has 1 aromatic heterocycles. The van der Waals surface area contributed by atoms with Gasteiger partial charge in [-0.15, -0.1) is 0 Å². The van der Waals surface area contributed by atoms with Crippen molar-refractivity contribution in [2.45, 2.75) is 33.7 Å². The second-order valence-electron chi connectivity index (χ2n) is 3.85. The summed E-state index contributed by atoms with van der Waals surface area (Å²) in [7, 11) is 1.88. The van der Waals surface area contributed by atoms with Crippen LogP contribution < -0.4 is 0 Å². The molecule has 0 N–H and O–H groups in total. The lowest BCUT2D eigenvalue weighted by atomic mass is 10.2. The van der Waals surface area contributed by atoms with Gasteiger partial charge in [-0.2, -0.15) is 5.10 Å². The Morgan fingerprint density at radius 1 is 1.40 bits per heavy atom. The summed E-state index contributed by atoms with van der Waals surface area (Å²) in [6.07, 6.45) is 1.17. The van der Waals surface area contributed by atoms with Crippen LogP contribution in [0.3, 0.4) is 0 Å². The summed E-state index contributed by atoms with van der Waals surface area (Å²) < 4.78 is 1.74. The van der Waals surface area contributed by atoms with E-state index in [0.717, 1.165) is 36.0 Å². The number of hydrogen-bond donors (Lipinski definition) is 0. The van der Waals surface area contributed by atoms with Crippen molar-refractivity contribution in [2.24, 2.45) is 7.05 Å². The number of nitrogens with zero attached hydrogens (tertiary/aromatic N) is 3. The average molecular weight is 230 g/mol. The molecule has 0 aliphatic heterocycles. The summed E-state index contributed by atoms with van der Waals surface area (Å²) in [5.74, 6) is 0. The fraction of sp³-hybridized carbons (Fsp3) is 0.727. The highest BCUT2D eigenvalue weighted by Gasteiger charge is 2.13. The lowest BCUT2D eigenvalue weighted by molar-refractivity contribution is 0.280. The summed E-state index contributed by atoms with van der Waals surface area (Å²) in [6, 6.07) is 0. The Kier molecular flexibility index (Phi) is 4.61. The monoisotopic (exact) mass is 229 g/mol. The Labute approximate surface area is 97.0 Å². The van der Waals surface area contributed by atoms with Crippen molar-refractivity contribution in [3.05, 3.63) is 16.4 Å². The molecule has 0 fully saturated rings. The third kappa shape index (κ3) is 2.95. The molecule has 1 rings (SSSR count). The van der Waals surface area contributed by atoms with E-state index in [4.69, 9.17) is 11.6 Å². The fourth-order valence-corrected chi connectivity index (χ4v) is 1.98. The normalized spacial score (nSPS) is 11.3. The van der Waals surface area contributed by atoms with Gasteiger partial charge in [0.15, 0.2) is 0 Å². The molecule has 0 aromatic carbocycles. The van der Waals surface area contributed by atoms with Crippen LogP contribution in [-0.2, 0) is 13.6 Å². The maximum Gasteiger partial charge on any atom is 0.131 e. The molecule has 0 radical (unpaired) electrons. The molecule has 0 bridgehead atoms. The number of rotatable bonds is 5. The Bertz CT molecular complexity index is 320. The smallest absolute Gasteiger partial charge is 0.131 e. The van der Waals surface area contributed by atoms with Crippen molar-refractivity contribution in [2.75, 3.05) is 13.1 Å². The zero-order valence-corrected chi connectivity index (χ0v) is 10.8. The van der Waals surface area contributed by atoms with Crippen LogP contribution in [0.4, 0.5) is 0 Å². The number of halogens is 1. The first-order valence-corrected chi connectivity index (χ1v) is 5.88. The van der Waals surface area contributed by atoms with Gasteiger partial charge in [0.25, 0.3) is 0 Å². The zero-order valence-electron chi connectivity index (χ0n) is 10.0. The van der Waals surface area contributed by atoms with Gasteiger partial charge in [0.2, 0.25) is 0 Å². The maximum atomic E-state index is 6.19. The minimum Gasteiger partial charge on any atom is -0.299 e. The third-order valence-corrected chi connectivity index (χ3v) is 3.11. The highest BCUT2D eigenvalue weighted by molar-refractivity contribution is 6.30. The predicted molar refractivity (Wildman–Crippen MR) is 64.2 cm³/mol. The van der Waals surface area contributed by atoms with Gasteiger partial charge < -0.3 is 0 Å². The van der Waals surface area contributed by atoms with Crippen LogP contribution in [0.25, 0.3) is 0 Å². The summed E-state index contributed by atoms with van der Waals surface area (Å²) in [5.41, 5.74) is 2.20. The van der Waals surface area contributed by atoms with Crippen LogP contribution in [0.15, 0.2) is 0 Å². The SMILES string of the molecule is CCCN(CC)Cc1c(C)nn(C)c1Cl. The fourth-order valence-electron chi connectivity index (χ4n) is 1.74. The molecule has 0 saturated heterocycles. The van der Waals surface area contributed by atoms with E-state index < -0.39 is 0 Å². The molecule has 0 unspecified atom stereocenters. The van der Waals surface area contributed by atoms with Crippen LogP contribution in [-0.4, -0.2) is 27.8 Å². The van der Waals surface area contributed by atoms with Crippen LogP contribution in [0.1, 0.15) is 31.5 Å². The quantitative estimate of drug-likeness (QED) is 0.774. The summed E-state index contributed by atoms with van der Waals surface area (Å²) in [6.45, 7) is 9.46. The van der Waals surface area contributed by atoms with Gasteiger partial charge in [-0.1, -0.05) is 25.4 Å². The van der Waals surface area contributed by atoms with Gasteiger partial charge in [-0.3, -0.25) is 9.58 Å². The third-order valence-electron chi connectivity index (χ3n) is 2.64. The molecule has 86 valence electrons. The Balaban J connectivity index is 2.78. The Morgan fingerprint density at radius 3 is 2.47 bits per heavy atom. The van der Waals surface area contributed by atoms with E-state index in [1.165, 1.54) is 6.42 Å². The predicted octanol–water partition coefficient (Wildman–Crippen LogP) is 2.61. The van der Waals surface area contributed by atoms with Crippen LogP contribution in [0.2, 0.25) is 5.15 Å². The van der Waals surface area contributed by atoms with Crippen LogP contribution in [0, 0.1) is 6.92 Å². The molecule has 0 aliphatic carbocycles. The minimum atomic E-state index is 0.766. The van der Waals surface area contributed by atoms with Crippen molar-refractivity contribution < 1.29 is 0 Å². The topological polar surface area (TPSA) is 21.1 Å². The Hall–Kier alpha value is -0.540. The maximum absolute atomic E-state index is 6.19. The Morgan fingerprint density at radius 2 is 2.07 bits per heavy atom. The molecule has 0 amide bonds. The van der Waals surface area contributed by atoms with E-state index in [0.29, 0.717) is 0 Å². The van der Waals surface area contributed by atoms with Gasteiger partial charge in [0.1, 0.15) is 5.15 Å². The summed E-state index contributed by atoms with van der Waals surface area (Å²) >= 11 is 6.19. The first-order chi connectivity index (χ1) is 7.10. The standard InChI is InChI=1S/C11H20ClN3/c1-5-7-15(6-2)8-10-9(3)13-14(4)11(10)12/h5-8H2,1-4H3. The van der Waals surface area contributed by atoms with Gasteiger partial charge in [-0.05, 0) is 26.4 Å². The van der Waals surface area contributed by atoms with Crippen molar-refractivity contribution in [3.63, 3.8) is 0 Å². The van der Waals surface area contributed by atoms with E-state index in [-0.39, 0.29) is 0 Å². The molecule has 3 nitrogen and oxygen atoms in total. The second kappa shape index (κ2) is 5.52. The molecule has 15 heavy (non-hydrogen) atoms. The van der Waals surface area contributed by atoms with Crippen molar-refractivity contribution in [1.29, 1.82) is 0 Å². The lowest BCUT2D eigenvalue weighted by Crippen LogP contribution is -2.23. The highest BCUT2D eigenvalue weighted by atomic mass is 35.5. The largest absolute Gasteiger partial charge is 0.299 e. The zero-order chi connectivity index (χ0) is 11.4. The summed E-state index contributed by atoms with van der Waals surface area (Å²) in [5, 5.41) is 5.08. The van der Waals surface area contributed by atoms with E-state index in [9.17, 15) is 0 Å². The molecule has 4 heteroatoms. The first kappa shape index (κ1) is 12.5. The number of aromatic nitrogens is 2. The van der Waals surface area contributed by atoms with Crippen molar-refractivity contribution >= 4 is 11.6 Å². The summed E-state index contributed by atoms with van der Waals surface area (Å²) in [4.78, 5) is 2.38. The van der Waals surface area contributed by atoms with Gasteiger partial charge in [-0.25, -0.2) is 0 Å². The van der Waals surface area contributed by atoms with Crippen LogP contribution >= 0.6 is 11.6 Å². The lowest BCUT2D eigenvalue weighted by Gasteiger charge is -2.19. The second-order valence-corrected chi connectivity index (χ2v) is 4.21. The van der Waals surface area contributed by atoms with Crippen molar-refractivity contribution in [3.8, 4) is 0 Å². The highest BCUT2D eigenvalue weighted by Crippen LogP contribution is 2.20. The molecular weight excluding hydrogens is 210 g/mol. The average Bonchev–Trinajstić information content (AvgIpc) is 2.44. The van der Waals surface area contributed by atoms with E-state index in [1.54, 1.807) is 4.68 Å². The number of hydrogen-bond acceptors (Lipinski definition) is 2. The van der Waals surface area contributed by atoms with Crippen molar-refractivity contribution in [1.82, 2.24) is 14.7 Å². The number of aryl methyl sites for hydroxylation is 2. The first-order valence-electron chi connectivity index (χ1n) is 5.50. The van der Waals surface area contributed by atoms with E-state index >= 15 is 0 Å². The molecule has 0 aliphatic rings. The molecular formula is C11H20ClN3. The van der Waals surface area contributed by atoms with Gasteiger partial charge >= 0.3 is 0 Å². The molecule has 1 heterocycles. The molecule has 0 spiro atoms. The van der Waals surface area contributed by atoms with Crippen LogP contribution in [0.5, 0.6) is 0 Å². The molecule has 0 atom stereocenters.